The van der Waals surface area contributed by atoms with E-state index in [0.717, 1.165) is 60.5 Å². The van der Waals surface area contributed by atoms with Crippen molar-refractivity contribution in [2.24, 2.45) is 0 Å². The van der Waals surface area contributed by atoms with Crippen LogP contribution < -0.4 is 0 Å². The van der Waals surface area contributed by atoms with Crippen LogP contribution in [-0.2, 0) is 6.42 Å². The second-order valence-corrected chi connectivity index (χ2v) is 7.70. The summed E-state index contributed by atoms with van der Waals surface area (Å²) in [7, 11) is 1.85. The van der Waals surface area contributed by atoms with Crippen LogP contribution in [-0.4, -0.2) is 44.0 Å². The summed E-state index contributed by atoms with van der Waals surface area (Å²) in [5.74, 6) is -0.0285. The number of unbranched alkanes of at least 4 members (excludes halogenated alkanes) is 2. The van der Waals surface area contributed by atoms with Crippen molar-refractivity contribution in [3.05, 3.63) is 77.9 Å². The number of aromatic nitrogens is 4. The molecule has 3 aromatic heterocycles. The third-order valence-corrected chi connectivity index (χ3v) is 5.40. The zero-order valence-electron chi connectivity index (χ0n) is 17.5. The van der Waals surface area contributed by atoms with Gasteiger partial charge < -0.3 is 9.30 Å². The van der Waals surface area contributed by atoms with E-state index in [-0.39, 0.29) is 5.91 Å². The van der Waals surface area contributed by atoms with Gasteiger partial charge in [-0.15, -0.1) is 0 Å². The lowest BCUT2D eigenvalue weighted by Gasteiger charge is -2.15. The summed E-state index contributed by atoms with van der Waals surface area (Å²) in [5.41, 5.74) is 5.63. The van der Waals surface area contributed by atoms with E-state index in [2.05, 4.69) is 33.4 Å². The van der Waals surface area contributed by atoms with Crippen LogP contribution in [0.15, 0.2) is 60.8 Å². The number of fused-ring (bicyclic) bond motifs is 1. The maximum atomic E-state index is 12.7. The number of H-pyrrole nitrogens is 1. The Morgan fingerprint density at radius 2 is 1.90 bits per heavy atom. The van der Waals surface area contributed by atoms with Gasteiger partial charge in [-0.2, -0.15) is 5.10 Å². The number of amides is 1. The summed E-state index contributed by atoms with van der Waals surface area (Å²) in [6.07, 6.45) is 5.87. The summed E-state index contributed by atoms with van der Waals surface area (Å²) in [6.45, 7) is 2.74. The van der Waals surface area contributed by atoms with Gasteiger partial charge in [-0.25, -0.2) is 4.98 Å². The molecule has 1 amide bonds. The summed E-state index contributed by atoms with van der Waals surface area (Å²) in [4.78, 5) is 18.9. The fourth-order valence-corrected chi connectivity index (χ4v) is 3.64. The van der Waals surface area contributed by atoms with E-state index in [1.807, 2.05) is 61.0 Å². The largest absolute Gasteiger partial charge is 0.340 e. The standard InChI is InChI=1S/C24H27N5O/c1-18-10-9-14-23-25-22(17-29(18)23)24(30)28(2)15-8-4-7-13-20-16-21(27-26-20)19-11-5-3-6-12-19/h3,5-6,9-12,14,16-17H,4,7-8,13,15H2,1-2H3,(H,26,27). The number of imidazole rings is 1. The molecule has 0 aliphatic heterocycles. The average molecular weight is 402 g/mol. The van der Waals surface area contributed by atoms with Crippen molar-refractivity contribution in [2.45, 2.75) is 32.6 Å². The topological polar surface area (TPSA) is 66.3 Å². The Kier molecular flexibility index (Phi) is 5.93. The number of nitrogens with one attached hydrogen (secondary N) is 1. The first-order valence-corrected chi connectivity index (χ1v) is 10.4. The normalized spacial score (nSPS) is 11.1. The van der Waals surface area contributed by atoms with Crippen LogP contribution in [0, 0.1) is 6.92 Å². The van der Waals surface area contributed by atoms with Gasteiger partial charge in [0.25, 0.3) is 5.91 Å². The van der Waals surface area contributed by atoms with Crippen molar-refractivity contribution in [3.8, 4) is 11.3 Å². The summed E-state index contributed by atoms with van der Waals surface area (Å²) < 4.78 is 1.95. The lowest BCUT2D eigenvalue weighted by molar-refractivity contribution is 0.0787. The molecule has 0 unspecified atom stereocenters. The number of benzene rings is 1. The fourth-order valence-electron chi connectivity index (χ4n) is 3.64. The average Bonchev–Trinajstić information content (AvgIpc) is 3.41. The van der Waals surface area contributed by atoms with E-state index < -0.39 is 0 Å². The van der Waals surface area contributed by atoms with Crippen molar-refractivity contribution >= 4 is 11.6 Å². The Bertz CT molecular complexity index is 1130. The monoisotopic (exact) mass is 401 g/mol. The van der Waals surface area contributed by atoms with Gasteiger partial charge >= 0.3 is 0 Å². The van der Waals surface area contributed by atoms with Gasteiger partial charge in [0, 0.05) is 36.7 Å². The summed E-state index contributed by atoms with van der Waals surface area (Å²) in [5, 5.41) is 7.54. The molecule has 30 heavy (non-hydrogen) atoms. The molecule has 0 aliphatic rings. The molecule has 0 fully saturated rings. The highest BCUT2D eigenvalue weighted by atomic mass is 16.2. The molecule has 1 aromatic carbocycles. The van der Waals surface area contributed by atoms with E-state index in [1.54, 1.807) is 4.90 Å². The number of rotatable bonds is 8. The molecular weight excluding hydrogens is 374 g/mol. The number of hydrogen-bond donors (Lipinski definition) is 1. The number of pyridine rings is 1. The van der Waals surface area contributed by atoms with Crippen molar-refractivity contribution in [2.75, 3.05) is 13.6 Å². The molecule has 6 nitrogen and oxygen atoms in total. The molecule has 1 N–H and O–H groups in total. The first-order valence-electron chi connectivity index (χ1n) is 10.4. The lowest BCUT2D eigenvalue weighted by atomic mass is 10.1. The van der Waals surface area contributed by atoms with Crippen LogP contribution in [0.1, 0.15) is 41.1 Å². The molecule has 0 bridgehead atoms. The zero-order chi connectivity index (χ0) is 20.9. The Hall–Kier alpha value is -3.41. The zero-order valence-corrected chi connectivity index (χ0v) is 17.5. The highest BCUT2D eigenvalue weighted by Crippen LogP contribution is 2.18. The Labute approximate surface area is 176 Å². The van der Waals surface area contributed by atoms with E-state index in [9.17, 15) is 4.79 Å². The van der Waals surface area contributed by atoms with Crippen molar-refractivity contribution in [1.82, 2.24) is 24.5 Å². The maximum Gasteiger partial charge on any atom is 0.273 e. The van der Waals surface area contributed by atoms with E-state index in [4.69, 9.17) is 0 Å². The predicted molar refractivity (Wildman–Crippen MR) is 118 cm³/mol. The molecule has 3 heterocycles. The number of hydrogen-bond acceptors (Lipinski definition) is 3. The number of carbonyl (C=O) groups excluding carboxylic acids is 1. The molecule has 0 atom stereocenters. The van der Waals surface area contributed by atoms with Crippen molar-refractivity contribution in [3.63, 3.8) is 0 Å². The SMILES string of the molecule is Cc1cccc2nc(C(=O)N(C)CCCCCc3cc(-c4ccccc4)n[nH]3)cn12. The van der Waals surface area contributed by atoms with Crippen LogP contribution in [0.5, 0.6) is 0 Å². The molecule has 0 spiro atoms. The van der Waals surface area contributed by atoms with Crippen molar-refractivity contribution in [1.29, 1.82) is 0 Å². The second-order valence-electron chi connectivity index (χ2n) is 7.70. The van der Waals surface area contributed by atoms with Crippen molar-refractivity contribution < 1.29 is 4.79 Å². The van der Waals surface area contributed by atoms with Gasteiger partial charge in [-0.05, 0) is 44.4 Å². The molecule has 0 aliphatic carbocycles. The fraction of sp³-hybridized carbons (Fsp3) is 0.292. The van der Waals surface area contributed by atoms with Gasteiger partial charge in [0.1, 0.15) is 11.3 Å². The second kappa shape index (κ2) is 8.95. The van der Waals surface area contributed by atoms with Crippen LogP contribution >= 0.6 is 0 Å². The molecule has 0 saturated heterocycles. The maximum absolute atomic E-state index is 12.7. The number of carbonyl (C=O) groups is 1. The van der Waals surface area contributed by atoms with E-state index in [1.165, 1.54) is 0 Å². The molecule has 0 radical (unpaired) electrons. The molecule has 0 saturated carbocycles. The Morgan fingerprint density at radius 3 is 2.70 bits per heavy atom. The molecule has 4 rings (SSSR count). The van der Waals surface area contributed by atoms with E-state index in [0.29, 0.717) is 5.69 Å². The molecule has 154 valence electrons. The molecule has 4 aromatic rings. The molecular formula is C24H27N5O. The highest BCUT2D eigenvalue weighted by Gasteiger charge is 2.15. The lowest BCUT2D eigenvalue weighted by Crippen LogP contribution is -2.28. The van der Waals surface area contributed by atoms with Crippen LogP contribution in [0.3, 0.4) is 0 Å². The minimum atomic E-state index is -0.0285. The molecule has 6 heteroatoms. The van der Waals surface area contributed by atoms with E-state index >= 15 is 0 Å². The number of aromatic amines is 1. The third-order valence-electron chi connectivity index (χ3n) is 5.40. The smallest absolute Gasteiger partial charge is 0.273 e. The van der Waals surface area contributed by atoms with Gasteiger partial charge in [-0.3, -0.25) is 9.89 Å². The first-order chi connectivity index (χ1) is 14.6. The first kappa shape index (κ1) is 19.9. The van der Waals surface area contributed by atoms with Crippen LogP contribution in [0.2, 0.25) is 0 Å². The number of nitrogens with zero attached hydrogens (tertiary/aromatic N) is 4. The Morgan fingerprint density at radius 1 is 1.07 bits per heavy atom. The minimum absolute atomic E-state index is 0.0285. The summed E-state index contributed by atoms with van der Waals surface area (Å²) in [6, 6.07) is 18.2. The van der Waals surface area contributed by atoms with Crippen LogP contribution in [0.4, 0.5) is 0 Å². The van der Waals surface area contributed by atoms with Gasteiger partial charge in [0.05, 0.1) is 5.69 Å². The Balaban J connectivity index is 1.23. The van der Waals surface area contributed by atoms with Gasteiger partial charge in [0.15, 0.2) is 0 Å². The summed E-state index contributed by atoms with van der Waals surface area (Å²) >= 11 is 0. The third kappa shape index (κ3) is 4.43. The predicted octanol–water partition coefficient (Wildman–Crippen LogP) is 4.52. The quantitative estimate of drug-likeness (QED) is 0.442. The highest BCUT2D eigenvalue weighted by molar-refractivity contribution is 5.92. The van der Waals surface area contributed by atoms with Gasteiger partial charge in [0.2, 0.25) is 0 Å². The number of aryl methyl sites for hydroxylation is 2. The van der Waals surface area contributed by atoms with Crippen LogP contribution in [0.25, 0.3) is 16.9 Å². The minimum Gasteiger partial charge on any atom is -0.340 e. The van der Waals surface area contributed by atoms with Gasteiger partial charge in [-0.1, -0.05) is 42.8 Å².